The van der Waals surface area contributed by atoms with Gasteiger partial charge in [0.25, 0.3) is 5.91 Å². The zero-order valence-electron chi connectivity index (χ0n) is 20.2. The van der Waals surface area contributed by atoms with Crippen LogP contribution in [0.4, 0.5) is 5.82 Å². The van der Waals surface area contributed by atoms with Gasteiger partial charge >= 0.3 is 0 Å². The van der Waals surface area contributed by atoms with Gasteiger partial charge in [-0.3, -0.25) is 4.79 Å². The van der Waals surface area contributed by atoms with Crippen molar-refractivity contribution < 1.29 is 4.79 Å². The maximum Gasteiger partial charge on any atom is 0.253 e. The van der Waals surface area contributed by atoms with Crippen LogP contribution in [-0.2, 0) is 6.42 Å². The third-order valence-corrected chi connectivity index (χ3v) is 6.55. The molecule has 5 rings (SSSR count). The third kappa shape index (κ3) is 3.91. The highest BCUT2D eigenvalue weighted by atomic mass is 16.2. The lowest BCUT2D eigenvalue weighted by molar-refractivity contribution is 0.0746. The zero-order valence-corrected chi connectivity index (χ0v) is 20.2. The zero-order chi connectivity index (χ0) is 23.8. The lowest BCUT2D eigenvalue weighted by Crippen LogP contribution is -2.49. The maximum absolute atomic E-state index is 13.0. The van der Waals surface area contributed by atoms with Crippen molar-refractivity contribution in [2.45, 2.75) is 34.1 Å². The van der Waals surface area contributed by atoms with Gasteiger partial charge < -0.3 is 9.80 Å². The summed E-state index contributed by atoms with van der Waals surface area (Å²) in [5.74, 6) is 1.81. The van der Waals surface area contributed by atoms with Gasteiger partial charge in [0.2, 0.25) is 0 Å². The van der Waals surface area contributed by atoms with E-state index in [4.69, 9.17) is 15.1 Å². The average Bonchev–Trinajstić information content (AvgIpc) is 3.20. The summed E-state index contributed by atoms with van der Waals surface area (Å²) in [6.45, 7) is 11.0. The monoisotopic (exact) mass is 454 g/mol. The van der Waals surface area contributed by atoms with Crippen molar-refractivity contribution in [3.05, 3.63) is 76.7 Å². The fourth-order valence-corrected chi connectivity index (χ4v) is 4.56. The SMILES string of the molecule is CCc1nc(N2CCN(C(=O)c3ccc(C)cc3)CC2)c2c(C)nn(-c3ccccc3C)c2n1. The molecule has 7 nitrogen and oxygen atoms in total. The number of hydrogen-bond donors (Lipinski definition) is 0. The Hall–Kier alpha value is -3.74. The summed E-state index contributed by atoms with van der Waals surface area (Å²) in [4.78, 5) is 27.0. The van der Waals surface area contributed by atoms with Crippen molar-refractivity contribution in [3.63, 3.8) is 0 Å². The van der Waals surface area contributed by atoms with E-state index in [1.807, 2.05) is 59.8 Å². The standard InChI is InChI=1S/C27H30N6O/c1-5-23-28-25(24-20(4)30-33(26(24)29-23)22-9-7-6-8-19(22)3)31-14-16-32(17-15-31)27(34)21-12-10-18(2)11-13-21/h6-13H,5,14-17H2,1-4H3. The Balaban J connectivity index is 1.47. The Morgan fingerprint density at radius 1 is 0.912 bits per heavy atom. The number of carbonyl (C=O) groups excluding carboxylic acids is 1. The van der Waals surface area contributed by atoms with Gasteiger partial charge in [-0.25, -0.2) is 14.6 Å². The average molecular weight is 455 g/mol. The minimum Gasteiger partial charge on any atom is -0.352 e. The number of piperazine rings is 1. The van der Waals surface area contributed by atoms with Crippen molar-refractivity contribution in [1.29, 1.82) is 0 Å². The van der Waals surface area contributed by atoms with E-state index in [9.17, 15) is 4.79 Å². The number of fused-ring (bicyclic) bond motifs is 1. The molecular formula is C27H30N6O. The molecule has 0 bridgehead atoms. The normalized spacial score (nSPS) is 14.1. The number of nitrogens with zero attached hydrogens (tertiary/aromatic N) is 6. The molecule has 0 unspecified atom stereocenters. The number of rotatable bonds is 4. The second-order valence-electron chi connectivity index (χ2n) is 8.94. The van der Waals surface area contributed by atoms with Crippen LogP contribution < -0.4 is 4.90 Å². The van der Waals surface area contributed by atoms with E-state index in [0.29, 0.717) is 13.1 Å². The molecule has 0 radical (unpaired) electrons. The quantitative estimate of drug-likeness (QED) is 0.461. The summed E-state index contributed by atoms with van der Waals surface area (Å²) >= 11 is 0. The summed E-state index contributed by atoms with van der Waals surface area (Å²) in [6, 6.07) is 16.0. The summed E-state index contributed by atoms with van der Waals surface area (Å²) in [7, 11) is 0. The number of hydrogen-bond acceptors (Lipinski definition) is 5. The van der Waals surface area contributed by atoms with Crippen LogP contribution in [0.5, 0.6) is 0 Å². The largest absolute Gasteiger partial charge is 0.352 e. The Labute approximate surface area is 200 Å². The van der Waals surface area contributed by atoms with Crippen LogP contribution in [0.3, 0.4) is 0 Å². The highest BCUT2D eigenvalue weighted by Crippen LogP contribution is 2.30. The highest BCUT2D eigenvalue weighted by molar-refractivity contribution is 5.95. The molecule has 0 N–H and O–H groups in total. The van der Waals surface area contributed by atoms with Crippen molar-refractivity contribution in [1.82, 2.24) is 24.6 Å². The lowest BCUT2D eigenvalue weighted by atomic mass is 10.1. The van der Waals surface area contributed by atoms with Crippen LogP contribution in [0.1, 0.15) is 39.9 Å². The Morgan fingerprint density at radius 3 is 2.29 bits per heavy atom. The minimum absolute atomic E-state index is 0.0882. The predicted molar refractivity (Wildman–Crippen MR) is 135 cm³/mol. The molecule has 0 atom stereocenters. The number of aromatic nitrogens is 4. The first-order valence-corrected chi connectivity index (χ1v) is 11.9. The van der Waals surface area contributed by atoms with Gasteiger partial charge in [-0.05, 0) is 44.5 Å². The summed E-state index contributed by atoms with van der Waals surface area (Å²) in [5, 5.41) is 5.85. The number of benzene rings is 2. The van der Waals surface area contributed by atoms with Crippen molar-refractivity contribution >= 4 is 22.8 Å². The summed E-state index contributed by atoms with van der Waals surface area (Å²) in [5.41, 5.74) is 5.82. The van der Waals surface area contributed by atoms with Gasteiger partial charge in [0.1, 0.15) is 11.6 Å². The van der Waals surface area contributed by atoms with Crippen LogP contribution in [0.2, 0.25) is 0 Å². The van der Waals surface area contributed by atoms with Gasteiger partial charge in [0.15, 0.2) is 5.65 Å². The molecule has 7 heteroatoms. The third-order valence-electron chi connectivity index (χ3n) is 6.55. The molecule has 1 saturated heterocycles. The summed E-state index contributed by atoms with van der Waals surface area (Å²) in [6.07, 6.45) is 0.743. The van der Waals surface area contributed by atoms with Gasteiger partial charge in [-0.2, -0.15) is 5.10 Å². The Morgan fingerprint density at radius 2 is 1.62 bits per heavy atom. The van der Waals surface area contributed by atoms with Crippen LogP contribution in [0, 0.1) is 20.8 Å². The highest BCUT2D eigenvalue weighted by Gasteiger charge is 2.27. The molecule has 0 saturated carbocycles. The van der Waals surface area contributed by atoms with E-state index >= 15 is 0 Å². The van der Waals surface area contributed by atoms with Gasteiger partial charge in [-0.15, -0.1) is 0 Å². The Kier molecular flexibility index (Phi) is 5.77. The topological polar surface area (TPSA) is 67.2 Å². The number of amides is 1. The molecule has 1 aliphatic heterocycles. The van der Waals surface area contributed by atoms with Crippen LogP contribution in [0.25, 0.3) is 16.7 Å². The molecular weight excluding hydrogens is 424 g/mol. The first-order chi connectivity index (χ1) is 16.5. The fraction of sp³-hybridized carbons (Fsp3) is 0.333. The second kappa shape index (κ2) is 8.89. The summed E-state index contributed by atoms with van der Waals surface area (Å²) < 4.78 is 1.95. The second-order valence-corrected chi connectivity index (χ2v) is 8.94. The Bertz CT molecular complexity index is 1350. The molecule has 0 spiro atoms. The number of para-hydroxylation sites is 1. The van der Waals surface area contributed by atoms with Crippen LogP contribution >= 0.6 is 0 Å². The van der Waals surface area contributed by atoms with Crippen molar-refractivity contribution in [2.75, 3.05) is 31.1 Å². The molecule has 3 heterocycles. The molecule has 2 aromatic carbocycles. The molecule has 4 aromatic rings. The first-order valence-electron chi connectivity index (χ1n) is 11.9. The molecule has 174 valence electrons. The minimum atomic E-state index is 0.0882. The molecule has 1 fully saturated rings. The number of carbonyl (C=O) groups is 1. The van der Waals surface area contributed by atoms with Gasteiger partial charge in [0, 0.05) is 38.2 Å². The molecule has 0 aliphatic carbocycles. The van der Waals surface area contributed by atoms with Gasteiger partial charge in [0.05, 0.1) is 16.8 Å². The van der Waals surface area contributed by atoms with E-state index in [0.717, 1.165) is 70.3 Å². The molecule has 1 amide bonds. The number of aryl methyl sites for hydroxylation is 4. The fourth-order valence-electron chi connectivity index (χ4n) is 4.56. The van der Waals surface area contributed by atoms with E-state index in [1.165, 1.54) is 0 Å². The molecule has 34 heavy (non-hydrogen) atoms. The molecule has 2 aromatic heterocycles. The smallest absolute Gasteiger partial charge is 0.253 e. The van der Waals surface area contributed by atoms with E-state index in [2.05, 4.69) is 30.9 Å². The first kappa shape index (κ1) is 22.1. The van der Waals surface area contributed by atoms with Crippen molar-refractivity contribution in [2.24, 2.45) is 0 Å². The van der Waals surface area contributed by atoms with Crippen molar-refractivity contribution in [3.8, 4) is 5.69 Å². The van der Waals surface area contributed by atoms with Crippen LogP contribution in [0.15, 0.2) is 48.5 Å². The molecule has 1 aliphatic rings. The van der Waals surface area contributed by atoms with Gasteiger partial charge in [-0.1, -0.05) is 42.8 Å². The van der Waals surface area contributed by atoms with E-state index in [-0.39, 0.29) is 5.91 Å². The van der Waals surface area contributed by atoms with Crippen LogP contribution in [-0.4, -0.2) is 56.7 Å². The van der Waals surface area contributed by atoms with E-state index in [1.54, 1.807) is 0 Å². The maximum atomic E-state index is 13.0. The predicted octanol–water partition coefficient (Wildman–Crippen LogP) is 4.27. The number of anilines is 1. The lowest BCUT2D eigenvalue weighted by Gasteiger charge is -2.35. The van der Waals surface area contributed by atoms with E-state index < -0.39 is 0 Å².